The van der Waals surface area contributed by atoms with Crippen molar-refractivity contribution in [3.05, 3.63) is 27.0 Å². The van der Waals surface area contributed by atoms with Crippen LogP contribution in [0.3, 0.4) is 0 Å². The van der Waals surface area contributed by atoms with Gasteiger partial charge in [0, 0.05) is 18.4 Å². The van der Waals surface area contributed by atoms with Gasteiger partial charge in [0.05, 0.1) is 33.0 Å². The molecule has 1 aliphatic heterocycles. The van der Waals surface area contributed by atoms with E-state index < -0.39 is 18.5 Å². The van der Waals surface area contributed by atoms with Gasteiger partial charge in [-0.1, -0.05) is 5.18 Å². The van der Waals surface area contributed by atoms with E-state index in [4.69, 9.17) is 18.9 Å². The van der Waals surface area contributed by atoms with Crippen molar-refractivity contribution >= 4 is 5.69 Å². The number of aryl methyl sites for hydroxylation is 1. The molecule has 1 heterocycles. The quantitative estimate of drug-likeness (QED) is 0.674. The maximum absolute atomic E-state index is 11.3. The Bertz CT molecular complexity index is 712. The lowest BCUT2D eigenvalue weighted by atomic mass is 9.83. The first-order valence-electron chi connectivity index (χ1n) is 9.43. The van der Waals surface area contributed by atoms with Crippen molar-refractivity contribution in [3.63, 3.8) is 0 Å². The Morgan fingerprint density at radius 3 is 2.75 bits per heavy atom. The number of hydrogen-bond acceptors (Lipinski definition) is 9. The number of aliphatic hydroxyl groups excluding tert-OH is 1. The molecule has 1 aromatic rings. The molecule has 0 spiro atoms. The van der Waals surface area contributed by atoms with Crippen molar-refractivity contribution < 1.29 is 24.1 Å². The Balaban J connectivity index is 1.66. The molecule has 1 fully saturated rings. The van der Waals surface area contributed by atoms with Crippen LogP contribution in [0.5, 0.6) is 11.5 Å². The summed E-state index contributed by atoms with van der Waals surface area (Å²) >= 11 is 0. The second kappa shape index (κ2) is 9.40. The second-order valence-corrected chi connectivity index (χ2v) is 7.26. The van der Waals surface area contributed by atoms with Crippen molar-refractivity contribution in [3.8, 4) is 11.5 Å². The van der Waals surface area contributed by atoms with E-state index in [2.05, 4.69) is 10.4 Å². The molecule has 1 saturated heterocycles. The molecule has 0 saturated carbocycles. The third-order valence-electron chi connectivity index (χ3n) is 5.39. The Kier molecular flexibility index (Phi) is 6.93. The fourth-order valence-electron chi connectivity index (χ4n) is 4.01. The number of nitrogens with zero attached hydrogens (tertiary/aromatic N) is 2. The van der Waals surface area contributed by atoms with Gasteiger partial charge in [0.1, 0.15) is 6.54 Å². The molecular formula is C19H26N2O7. The van der Waals surface area contributed by atoms with E-state index in [9.17, 15) is 14.9 Å². The van der Waals surface area contributed by atoms with Crippen molar-refractivity contribution in [1.29, 1.82) is 0 Å². The highest BCUT2D eigenvalue weighted by molar-refractivity contribution is 5.68. The smallest absolute Gasteiger partial charge is 0.191 e. The topological polar surface area (TPSA) is 116 Å². The van der Waals surface area contributed by atoms with Crippen molar-refractivity contribution in [2.45, 2.75) is 50.6 Å². The Labute approximate surface area is 163 Å². The number of aliphatic hydroxyl groups is 1. The van der Waals surface area contributed by atoms with E-state index in [1.807, 2.05) is 6.07 Å². The number of fused-ring (bicyclic) bond motifs is 1. The van der Waals surface area contributed by atoms with E-state index in [0.29, 0.717) is 37.4 Å². The van der Waals surface area contributed by atoms with Gasteiger partial charge in [-0.2, -0.15) is 4.91 Å². The minimum Gasteiger partial charge on any atom is -0.494 e. The minimum absolute atomic E-state index is 0.00816. The van der Waals surface area contributed by atoms with Crippen LogP contribution in [0, 0.1) is 15.7 Å². The van der Waals surface area contributed by atoms with Gasteiger partial charge in [0.15, 0.2) is 23.5 Å². The van der Waals surface area contributed by atoms with Crippen LogP contribution in [-0.2, 0) is 22.3 Å². The fraction of sp³-hybridized carbons (Fsp3) is 0.684. The third kappa shape index (κ3) is 4.48. The van der Waals surface area contributed by atoms with Gasteiger partial charge in [0.25, 0.3) is 0 Å². The Morgan fingerprint density at radius 1 is 1.25 bits per heavy atom. The van der Waals surface area contributed by atoms with Gasteiger partial charge < -0.3 is 24.1 Å². The molecule has 0 radical (unpaired) electrons. The van der Waals surface area contributed by atoms with Crippen molar-refractivity contribution in [2.24, 2.45) is 16.3 Å². The standard InChI is InChI=1S/C19H26N2O7/c1-25-16-6-12-4-3-11(5-15(12)19(26-2)18(16)21-24)10-27-17-8-13(22)7-14(28-17)9-20-23/h6,11,13-14,17,22H,3-5,7-10H2,1-2H3/t11?,13?,14-,17?/m0/s1. The molecule has 154 valence electrons. The number of benzene rings is 1. The lowest BCUT2D eigenvalue weighted by Gasteiger charge is -2.33. The normalized spacial score (nSPS) is 27.0. The van der Waals surface area contributed by atoms with Gasteiger partial charge >= 0.3 is 0 Å². The van der Waals surface area contributed by atoms with Gasteiger partial charge in [-0.15, -0.1) is 4.91 Å². The van der Waals surface area contributed by atoms with Crippen LogP contribution in [0.1, 0.15) is 30.4 Å². The first-order valence-corrected chi connectivity index (χ1v) is 9.43. The lowest BCUT2D eigenvalue weighted by molar-refractivity contribution is -0.217. The molecule has 4 atom stereocenters. The van der Waals surface area contributed by atoms with E-state index in [-0.39, 0.29) is 18.2 Å². The fourth-order valence-corrected chi connectivity index (χ4v) is 4.01. The van der Waals surface area contributed by atoms with Gasteiger partial charge in [0.2, 0.25) is 0 Å². The summed E-state index contributed by atoms with van der Waals surface area (Å²) in [6.45, 7) is 0.450. The highest BCUT2D eigenvalue weighted by atomic mass is 16.7. The molecule has 9 nitrogen and oxygen atoms in total. The summed E-state index contributed by atoms with van der Waals surface area (Å²) in [4.78, 5) is 21.7. The summed E-state index contributed by atoms with van der Waals surface area (Å²) in [5, 5.41) is 15.9. The van der Waals surface area contributed by atoms with Crippen LogP contribution in [0.4, 0.5) is 5.69 Å². The van der Waals surface area contributed by atoms with Crippen LogP contribution in [0.25, 0.3) is 0 Å². The largest absolute Gasteiger partial charge is 0.494 e. The van der Waals surface area contributed by atoms with Crippen LogP contribution in [0.2, 0.25) is 0 Å². The van der Waals surface area contributed by atoms with Crippen LogP contribution in [-0.4, -0.2) is 51.0 Å². The molecule has 28 heavy (non-hydrogen) atoms. The predicted octanol–water partition coefficient (Wildman–Crippen LogP) is 2.86. The average molecular weight is 394 g/mol. The number of methoxy groups -OCH3 is 2. The molecule has 2 aliphatic rings. The highest BCUT2D eigenvalue weighted by Gasteiger charge is 2.31. The number of ether oxygens (including phenoxy) is 4. The predicted molar refractivity (Wildman–Crippen MR) is 101 cm³/mol. The molecule has 3 unspecified atom stereocenters. The maximum atomic E-state index is 11.3. The zero-order valence-corrected chi connectivity index (χ0v) is 16.1. The molecule has 1 aliphatic carbocycles. The average Bonchev–Trinajstić information content (AvgIpc) is 2.70. The first-order chi connectivity index (χ1) is 13.6. The van der Waals surface area contributed by atoms with Crippen LogP contribution >= 0.6 is 0 Å². The zero-order valence-electron chi connectivity index (χ0n) is 16.1. The van der Waals surface area contributed by atoms with E-state index in [1.165, 1.54) is 14.2 Å². The Hall–Kier alpha value is -2.10. The van der Waals surface area contributed by atoms with Crippen LogP contribution < -0.4 is 9.47 Å². The third-order valence-corrected chi connectivity index (χ3v) is 5.39. The molecule has 0 amide bonds. The first kappa shape index (κ1) is 20.6. The van der Waals surface area contributed by atoms with Crippen LogP contribution in [0.15, 0.2) is 16.4 Å². The zero-order chi connectivity index (χ0) is 20.1. The lowest BCUT2D eigenvalue weighted by Crippen LogP contribution is -2.39. The number of nitroso groups, excluding NO2 is 2. The van der Waals surface area contributed by atoms with E-state index >= 15 is 0 Å². The number of hydrogen-bond donors (Lipinski definition) is 1. The summed E-state index contributed by atoms with van der Waals surface area (Å²) in [5.41, 5.74) is 2.21. The van der Waals surface area contributed by atoms with Crippen molar-refractivity contribution in [2.75, 3.05) is 27.4 Å². The highest BCUT2D eigenvalue weighted by Crippen LogP contribution is 2.45. The Morgan fingerprint density at radius 2 is 2.07 bits per heavy atom. The monoisotopic (exact) mass is 394 g/mol. The molecule has 0 bridgehead atoms. The molecule has 9 heteroatoms. The maximum Gasteiger partial charge on any atom is 0.191 e. The van der Waals surface area contributed by atoms with Crippen molar-refractivity contribution in [1.82, 2.24) is 0 Å². The summed E-state index contributed by atoms with van der Waals surface area (Å²) in [7, 11) is 3.02. The van der Waals surface area contributed by atoms with E-state index in [0.717, 1.165) is 24.0 Å². The summed E-state index contributed by atoms with van der Waals surface area (Å²) < 4.78 is 22.3. The second-order valence-electron chi connectivity index (χ2n) is 7.26. The van der Waals surface area contributed by atoms with Gasteiger partial charge in [-0.25, -0.2) is 0 Å². The number of rotatable bonds is 8. The molecule has 0 aromatic heterocycles. The summed E-state index contributed by atoms with van der Waals surface area (Å²) in [6, 6.07) is 1.85. The molecular weight excluding hydrogens is 368 g/mol. The molecule has 3 rings (SSSR count). The van der Waals surface area contributed by atoms with E-state index in [1.54, 1.807) is 0 Å². The summed E-state index contributed by atoms with van der Waals surface area (Å²) in [5.74, 6) is 1.08. The van der Waals surface area contributed by atoms with Gasteiger partial charge in [-0.05, 0) is 42.0 Å². The SMILES string of the molecule is COc1cc2c(c(OC)c1N=O)CC(COC1CC(O)C[C@@H](CN=O)O1)CC2. The summed E-state index contributed by atoms with van der Waals surface area (Å²) in [6.07, 6.45) is 1.63. The molecule has 1 aromatic carbocycles. The molecule has 1 N–H and O–H groups in total. The van der Waals surface area contributed by atoms with Gasteiger partial charge in [-0.3, -0.25) is 0 Å². The minimum atomic E-state index is -0.564.